The lowest BCUT2D eigenvalue weighted by Gasteiger charge is -2.15. The van der Waals surface area contributed by atoms with Gasteiger partial charge in [-0.1, -0.05) is 57.2 Å². The summed E-state index contributed by atoms with van der Waals surface area (Å²) in [5.41, 5.74) is 3.36. The van der Waals surface area contributed by atoms with Crippen LogP contribution in [0, 0.1) is 0 Å². The third kappa shape index (κ3) is 8.46. The highest BCUT2D eigenvalue weighted by Crippen LogP contribution is 2.25. The van der Waals surface area contributed by atoms with E-state index in [0.29, 0.717) is 13.2 Å². The summed E-state index contributed by atoms with van der Waals surface area (Å²) in [7, 11) is 0.816. The summed E-state index contributed by atoms with van der Waals surface area (Å²) in [6.07, 6.45) is 0. The summed E-state index contributed by atoms with van der Waals surface area (Å²) in [6.45, 7) is 11.3. The Morgan fingerprint density at radius 1 is 0.933 bits per heavy atom. The van der Waals surface area contributed by atoms with E-state index in [1.54, 1.807) is 13.8 Å². The Kier molecular flexibility index (Phi) is 11.1. The Labute approximate surface area is 185 Å². The van der Waals surface area contributed by atoms with Crippen molar-refractivity contribution in [3.05, 3.63) is 54.1 Å². The van der Waals surface area contributed by atoms with Crippen LogP contribution in [-0.4, -0.2) is 52.4 Å². The van der Waals surface area contributed by atoms with Gasteiger partial charge in [0.25, 0.3) is 0 Å². The van der Waals surface area contributed by atoms with Gasteiger partial charge in [-0.05, 0) is 62.7 Å². The van der Waals surface area contributed by atoms with Gasteiger partial charge in [0, 0.05) is 14.5 Å². The first kappa shape index (κ1) is 26.1. The van der Waals surface area contributed by atoms with E-state index in [2.05, 4.69) is 46.0 Å². The Hall–Kier alpha value is -1.89. The molecule has 2 aromatic rings. The molecule has 6 heteroatoms. The Morgan fingerprint density at radius 3 is 1.90 bits per heavy atom. The van der Waals surface area contributed by atoms with Crippen LogP contribution in [0.25, 0.3) is 11.1 Å². The van der Waals surface area contributed by atoms with Crippen molar-refractivity contribution in [3.8, 4) is 16.9 Å². The lowest BCUT2D eigenvalue weighted by molar-refractivity contribution is 0.261. The number of hydrogen-bond donors (Lipinski definition) is 1. The van der Waals surface area contributed by atoms with Gasteiger partial charge in [0.2, 0.25) is 10.0 Å². The summed E-state index contributed by atoms with van der Waals surface area (Å²) in [6, 6.07) is 16.4. The molecule has 2 rings (SSSR count). The van der Waals surface area contributed by atoms with Crippen molar-refractivity contribution in [2.24, 2.45) is 0 Å². The fourth-order valence-corrected chi connectivity index (χ4v) is 3.44. The van der Waals surface area contributed by atoms with Gasteiger partial charge in [-0.25, -0.2) is 13.1 Å². The molecule has 30 heavy (non-hydrogen) atoms. The fraction of sp³-hybridized carbons (Fsp3) is 0.500. The monoisotopic (exact) mass is 436 g/mol. The van der Waals surface area contributed by atoms with Crippen LogP contribution in [0.3, 0.4) is 0 Å². The van der Waals surface area contributed by atoms with Crippen molar-refractivity contribution in [2.75, 3.05) is 33.8 Å². The van der Waals surface area contributed by atoms with Gasteiger partial charge >= 0.3 is 0 Å². The van der Waals surface area contributed by atoms with Gasteiger partial charge in [-0.2, -0.15) is 0 Å². The van der Waals surface area contributed by atoms with E-state index in [1.165, 1.54) is 0 Å². The molecular formula is C24H40N2O3S. The lowest BCUT2D eigenvalue weighted by atomic mass is 9.98. The molecule has 0 spiro atoms. The van der Waals surface area contributed by atoms with Gasteiger partial charge in [-0.15, -0.1) is 0 Å². The Bertz CT molecular complexity index is 836. The minimum atomic E-state index is -3.23. The smallest absolute Gasteiger partial charge is 0.213 e. The van der Waals surface area contributed by atoms with Gasteiger partial charge < -0.3 is 9.64 Å². The van der Waals surface area contributed by atoms with Gasteiger partial charge in [0.05, 0.1) is 5.25 Å². The molecule has 2 aromatic carbocycles. The van der Waals surface area contributed by atoms with Crippen LogP contribution in [0.1, 0.15) is 47.5 Å². The molecule has 1 unspecified atom stereocenters. The van der Waals surface area contributed by atoms with Gasteiger partial charge in [-0.3, -0.25) is 0 Å². The zero-order valence-electron chi connectivity index (χ0n) is 19.5. The molecule has 0 radical (unpaired) electrons. The van der Waals surface area contributed by atoms with Crippen LogP contribution in [0.5, 0.6) is 5.75 Å². The van der Waals surface area contributed by atoms with E-state index in [9.17, 15) is 8.42 Å². The summed E-state index contributed by atoms with van der Waals surface area (Å²) >= 11 is 0. The predicted molar refractivity (Wildman–Crippen MR) is 130 cm³/mol. The molecule has 0 saturated heterocycles. The first-order valence-electron chi connectivity index (χ1n) is 10.7. The van der Waals surface area contributed by atoms with E-state index < -0.39 is 15.3 Å². The highest BCUT2D eigenvalue weighted by molar-refractivity contribution is 7.90. The third-order valence-electron chi connectivity index (χ3n) is 4.69. The number of sulfonamides is 1. The molecule has 0 aromatic heterocycles. The first-order valence-corrected chi connectivity index (χ1v) is 12.2. The van der Waals surface area contributed by atoms with Crippen molar-refractivity contribution in [3.63, 3.8) is 0 Å². The quantitative estimate of drug-likeness (QED) is 0.569. The number of ether oxygens (including phenoxy) is 1. The van der Waals surface area contributed by atoms with Crippen LogP contribution >= 0.6 is 0 Å². The van der Waals surface area contributed by atoms with Crippen LogP contribution in [0.15, 0.2) is 48.5 Å². The lowest BCUT2D eigenvalue weighted by Crippen LogP contribution is -2.33. The van der Waals surface area contributed by atoms with Crippen LogP contribution in [0.2, 0.25) is 0 Å². The zero-order chi connectivity index (χ0) is 22.7. The maximum atomic E-state index is 11.9. The second-order valence-electron chi connectivity index (χ2n) is 7.64. The number of nitrogens with zero attached hydrogens (tertiary/aromatic N) is 1. The van der Waals surface area contributed by atoms with E-state index in [1.807, 2.05) is 47.0 Å². The molecule has 0 heterocycles. The molecule has 1 N–H and O–H groups in total. The summed E-state index contributed by atoms with van der Waals surface area (Å²) < 4.78 is 32.2. The molecule has 0 amide bonds. The third-order valence-corrected chi connectivity index (χ3v) is 6.50. The average Bonchev–Trinajstić information content (AvgIpc) is 2.74. The van der Waals surface area contributed by atoms with Gasteiger partial charge in [0.15, 0.2) is 0 Å². The largest absolute Gasteiger partial charge is 0.492 e. The highest BCUT2D eigenvalue weighted by atomic mass is 32.2. The second kappa shape index (κ2) is 12.7. The molecule has 0 aliphatic rings. The Balaban J connectivity index is 0.00000291. The molecule has 170 valence electrons. The number of nitrogens with one attached hydrogen (secondary N) is 1. The second-order valence-corrected chi connectivity index (χ2v) is 9.96. The van der Waals surface area contributed by atoms with Crippen LogP contribution in [-0.2, 0) is 10.0 Å². The number of rotatable bonds is 10. The van der Waals surface area contributed by atoms with Crippen molar-refractivity contribution < 1.29 is 14.6 Å². The Morgan fingerprint density at radius 2 is 1.43 bits per heavy atom. The number of hydrogen-bond acceptors (Lipinski definition) is 4. The molecule has 0 aliphatic carbocycles. The van der Waals surface area contributed by atoms with Gasteiger partial charge in [0.1, 0.15) is 12.4 Å². The fourth-order valence-electron chi connectivity index (χ4n) is 2.62. The molecule has 0 bridgehead atoms. The van der Waals surface area contributed by atoms with E-state index in [0.717, 1.165) is 29.0 Å². The van der Waals surface area contributed by atoms with Crippen LogP contribution < -0.4 is 9.46 Å². The number of likely N-dealkylation sites (N-methyl/N-ethyl adjacent to an activating group) is 1. The molecule has 5 nitrogen and oxygen atoms in total. The normalized spacial score (nSPS) is 12.4. The van der Waals surface area contributed by atoms with E-state index >= 15 is 0 Å². The SMILES string of the molecule is CC.CC(CNS(=O)(=O)C(C)C)c1ccc(-c2ccc(OCCN(C)C)cc2)cc1.[HH]. The van der Waals surface area contributed by atoms with Crippen molar-refractivity contribution >= 4 is 10.0 Å². The average molecular weight is 437 g/mol. The summed E-state index contributed by atoms with van der Waals surface area (Å²) in [5.74, 6) is 0.975. The van der Waals surface area contributed by atoms with Crippen molar-refractivity contribution in [2.45, 2.75) is 45.8 Å². The van der Waals surface area contributed by atoms with Crippen molar-refractivity contribution in [1.82, 2.24) is 9.62 Å². The maximum absolute atomic E-state index is 11.9. The first-order chi connectivity index (χ1) is 14.2. The zero-order valence-corrected chi connectivity index (χ0v) is 20.3. The summed E-state index contributed by atoms with van der Waals surface area (Å²) in [5, 5.41) is -0.420. The van der Waals surface area contributed by atoms with E-state index in [4.69, 9.17) is 4.74 Å². The molecular weight excluding hydrogens is 396 g/mol. The minimum absolute atomic E-state index is 0. The molecule has 0 fully saturated rings. The van der Waals surface area contributed by atoms with Crippen LogP contribution in [0.4, 0.5) is 0 Å². The number of benzene rings is 2. The molecule has 0 aliphatic heterocycles. The molecule has 1 atom stereocenters. The molecule has 0 saturated carbocycles. The predicted octanol–water partition coefficient (Wildman–Crippen LogP) is 5.00. The topological polar surface area (TPSA) is 58.6 Å². The van der Waals surface area contributed by atoms with E-state index in [-0.39, 0.29) is 7.34 Å². The summed E-state index contributed by atoms with van der Waals surface area (Å²) in [4.78, 5) is 2.09. The standard InChI is InChI=1S/C22H32N2O3S.C2H6.H2/c1-17(2)28(25,26)23-16-18(3)19-6-8-20(9-7-19)21-10-12-22(13-11-21)27-15-14-24(4)5;1-2;/h6-13,17-18,23H,14-16H2,1-5H3;1-2H3;1H. The highest BCUT2D eigenvalue weighted by Gasteiger charge is 2.17. The van der Waals surface area contributed by atoms with Crippen molar-refractivity contribution in [1.29, 1.82) is 0 Å². The minimum Gasteiger partial charge on any atom is -0.492 e. The maximum Gasteiger partial charge on any atom is 0.213 e.